The van der Waals surface area contributed by atoms with Crippen molar-refractivity contribution in [2.45, 2.75) is 43.5 Å². The van der Waals surface area contributed by atoms with Crippen LogP contribution < -0.4 is 14.7 Å². The molecule has 12 heteroatoms. The molecule has 160 valence electrons. The fraction of sp³-hybridized carbons (Fsp3) is 0.588. The highest BCUT2D eigenvalue weighted by atomic mass is 19.3. The second-order valence-electron chi connectivity index (χ2n) is 7.83. The summed E-state index contributed by atoms with van der Waals surface area (Å²) in [7, 11) is 0. The quantitative estimate of drug-likeness (QED) is 0.317. The van der Waals surface area contributed by atoms with E-state index in [1.54, 1.807) is 6.07 Å². The zero-order chi connectivity index (χ0) is 21.0. The minimum Gasteiger partial charge on any atom is -0.670 e. The molecule has 4 rings (SSSR count). The zero-order valence-corrected chi connectivity index (χ0v) is 15.4. The number of carbonyl (C=O) groups is 1. The molecule has 0 radical (unpaired) electrons. The van der Waals surface area contributed by atoms with Crippen molar-refractivity contribution in [3.8, 4) is 11.5 Å². The summed E-state index contributed by atoms with van der Waals surface area (Å²) in [6, 6.07) is 2.23. The van der Waals surface area contributed by atoms with Gasteiger partial charge in [-0.25, -0.2) is 8.78 Å². The summed E-state index contributed by atoms with van der Waals surface area (Å²) in [6.45, 7) is -3.30. The number of hydrogen-bond acceptors (Lipinski definition) is 8. The van der Waals surface area contributed by atoms with Crippen LogP contribution in [-0.4, -0.2) is 75.5 Å². The molecule has 9 nitrogen and oxygen atoms in total. The van der Waals surface area contributed by atoms with Crippen molar-refractivity contribution in [1.82, 2.24) is 10.2 Å². The van der Waals surface area contributed by atoms with Gasteiger partial charge in [0.25, 0.3) is 5.92 Å². The number of ether oxygens (including phenoxy) is 1. The van der Waals surface area contributed by atoms with Crippen LogP contribution in [0.15, 0.2) is 12.1 Å². The minimum atomic E-state index is -3.10. The van der Waals surface area contributed by atoms with Crippen molar-refractivity contribution in [2.75, 3.05) is 19.6 Å². The van der Waals surface area contributed by atoms with Gasteiger partial charge < -0.3 is 34.6 Å². The van der Waals surface area contributed by atoms with Crippen molar-refractivity contribution < 1.29 is 43.2 Å². The van der Waals surface area contributed by atoms with Crippen molar-refractivity contribution in [3.05, 3.63) is 23.3 Å². The van der Waals surface area contributed by atoms with Crippen LogP contribution in [0.1, 0.15) is 23.8 Å². The molecule has 3 heterocycles. The third-order valence-electron chi connectivity index (χ3n) is 5.45. The van der Waals surface area contributed by atoms with E-state index in [9.17, 15) is 33.8 Å². The van der Waals surface area contributed by atoms with Gasteiger partial charge in [0.05, 0.1) is 37.0 Å². The average Bonchev–Trinajstić information content (AvgIpc) is 2.95. The summed E-state index contributed by atoms with van der Waals surface area (Å²) >= 11 is 0. The Bertz CT molecular complexity index is 817. The molecule has 0 bridgehead atoms. The van der Waals surface area contributed by atoms with Crippen LogP contribution in [-0.2, 0) is 11.2 Å². The first-order valence-electron chi connectivity index (χ1n) is 9.42. The smallest absolute Gasteiger partial charge is 0.430 e. The molecule has 1 atom stereocenters. The van der Waals surface area contributed by atoms with E-state index in [4.69, 9.17) is 9.39 Å². The number of amides is 1. The Hall–Kier alpha value is -1.99. The van der Waals surface area contributed by atoms with E-state index >= 15 is 0 Å². The maximum absolute atomic E-state index is 13.3. The van der Waals surface area contributed by atoms with E-state index in [0.717, 1.165) is 0 Å². The van der Waals surface area contributed by atoms with Gasteiger partial charge in [0.2, 0.25) is 5.91 Å². The number of fused-ring (bicyclic) bond motifs is 1. The number of rotatable bonds is 4. The summed E-state index contributed by atoms with van der Waals surface area (Å²) in [5, 5.41) is 41.6. The number of nitrogens with one attached hydrogen (secondary N) is 1. The van der Waals surface area contributed by atoms with E-state index in [1.165, 1.54) is 11.0 Å². The first-order chi connectivity index (χ1) is 13.5. The van der Waals surface area contributed by atoms with E-state index in [2.05, 4.69) is 5.32 Å². The van der Waals surface area contributed by atoms with Crippen LogP contribution in [0.4, 0.5) is 8.78 Å². The third kappa shape index (κ3) is 4.03. The van der Waals surface area contributed by atoms with E-state index in [1.807, 2.05) is 0 Å². The molecule has 1 aromatic rings. The number of hydrogen-bond donors (Lipinski definition) is 5. The minimum absolute atomic E-state index is 0.0118. The topological polar surface area (TPSA) is 132 Å². The standard InChI is InChI=1S/C17H22BF2N2O7/c19-17(20)5-11(21-8-17)15(23)22-6-10(7-22)28-12-2-1-9-3-4-18(26,27)29-14(9)13(12)16(24)25/h1-2,10-11,16,21,24-27H,3-8H2/q-1/t11-/m0/s1. The second kappa shape index (κ2) is 7.06. The molecule has 0 aromatic heterocycles. The average molecular weight is 415 g/mol. The number of carbonyl (C=O) groups excluding carboxylic acids is 1. The van der Waals surface area contributed by atoms with Gasteiger partial charge in [0.15, 0.2) is 6.29 Å². The summed E-state index contributed by atoms with van der Waals surface area (Å²) < 4.78 is 37.4. The number of alkyl halides is 2. The maximum Gasteiger partial charge on any atom is 0.430 e. The molecule has 0 aliphatic carbocycles. The van der Waals surface area contributed by atoms with Crippen molar-refractivity contribution in [2.24, 2.45) is 0 Å². The Morgan fingerprint density at radius 3 is 2.69 bits per heavy atom. The number of aliphatic hydroxyl groups excluding tert-OH is 1. The van der Waals surface area contributed by atoms with Crippen molar-refractivity contribution in [3.63, 3.8) is 0 Å². The van der Waals surface area contributed by atoms with Gasteiger partial charge in [0, 0.05) is 6.42 Å². The second-order valence-corrected chi connectivity index (χ2v) is 7.83. The molecule has 2 saturated heterocycles. The Labute approximate surface area is 164 Å². The third-order valence-corrected chi connectivity index (χ3v) is 5.45. The number of benzene rings is 1. The predicted octanol–water partition coefficient (Wildman–Crippen LogP) is -0.885. The molecule has 0 unspecified atom stereocenters. The van der Waals surface area contributed by atoms with Gasteiger partial charge in [-0.2, -0.15) is 0 Å². The lowest BCUT2D eigenvalue weighted by molar-refractivity contribution is -0.142. The highest BCUT2D eigenvalue weighted by molar-refractivity contribution is 6.58. The number of nitrogens with zero attached hydrogens (tertiary/aromatic N) is 1. The first kappa shape index (κ1) is 20.3. The summed E-state index contributed by atoms with van der Waals surface area (Å²) in [6.07, 6.45) is -2.72. The fourth-order valence-electron chi connectivity index (χ4n) is 3.88. The highest BCUT2D eigenvalue weighted by Gasteiger charge is 2.46. The Kier molecular flexibility index (Phi) is 4.94. The predicted molar refractivity (Wildman–Crippen MR) is 95.3 cm³/mol. The van der Waals surface area contributed by atoms with Gasteiger partial charge in [0.1, 0.15) is 11.9 Å². The molecule has 3 aliphatic rings. The summed E-state index contributed by atoms with van der Waals surface area (Å²) in [5.74, 6) is -3.29. The largest absolute Gasteiger partial charge is 0.670 e. The lowest BCUT2D eigenvalue weighted by Gasteiger charge is -2.41. The zero-order valence-electron chi connectivity index (χ0n) is 15.4. The van der Waals surface area contributed by atoms with Gasteiger partial charge in [-0.3, -0.25) is 10.1 Å². The van der Waals surface area contributed by atoms with Crippen LogP contribution in [0.5, 0.6) is 11.5 Å². The van der Waals surface area contributed by atoms with Crippen LogP contribution >= 0.6 is 0 Å². The molecule has 3 aliphatic heterocycles. The monoisotopic (exact) mass is 415 g/mol. The molecule has 2 fully saturated rings. The van der Waals surface area contributed by atoms with Crippen molar-refractivity contribution >= 4 is 12.7 Å². The number of halogens is 2. The van der Waals surface area contributed by atoms with Gasteiger partial charge >= 0.3 is 6.75 Å². The normalized spacial score (nSPS) is 25.3. The molecule has 0 saturated carbocycles. The van der Waals surface area contributed by atoms with Crippen molar-refractivity contribution in [1.29, 1.82) is 0 Å². The van der Waals surface area contributed by atoms with Crippen LogP contribution in [0.3, 0.4) is 0 Å². The molecular formula is C17H22BF2N2O7-. The number of aliphatic hydroxyl groups is 2. The molecular weight excluding hydrogens is 393 g/mol. The van der Waals surface area contributed by atoms with Crippen LogP contribution in [0.25, 0.3) is 0 Å². The van der Waals surface area contributed by atoms with E-state index < -0.39 is 50.0 Å². The lowest BCUT2D eigenvalue weighted by atomic mass is 9.70. The molecule has 0 spiro atoms. The van der Waals surface area contributed by atoms with E-state index in [-0.39, 0.29) is 42.9 Å². The fourth-order valence-corrected chi connectivity index (χ4v) is 3.88. The van der Waals surface area contributed by atoms with E-state index in [0.29, 0.717) is 5.56 Å². The number of aryl methyl sites for hydroxylation is 1. The molecule has 29 heavy (non-hydrogen) atoms. The van der Waals surface area contributed by atoms with Gasteiger partial charge in [-0.15, -0.1) is 0 Å². The Morgan fingerprint density at radius 2 is 2.07 bits per heavy atom. The molecule has 5 N–H and O–H groups in total. The van der Waals surface area contributed by atoms with Crippen LogP contribution in [0, 0.1) is 0 Å². The van der Waals surface area contributed by atoms with Gasteiger partial charge in [-0.1, -0.05) is 12.4 Å². The summed E-state index contributed by atoms with van der Waals surface area (Å²) in [5.41, 5.74) is 0.457. The maximum atomic E-state index is 13.3. The first-order valence-corrected chi connectivity index (χ1v) is 9.42. The van der Waals surface area contributed by atoms with Crippen LogP contribution in [0.2, 0.25) is 6.32 Å². The Balaban J connectivity index is 1.43. The number of likely N-dealkylation sites (tertiary alicyclic amines) is 1. The Morgan fingerprint density at radius 1 is 1.34 bits per heavy atom. The SMILES string of the molecule is O=C([C@@H]1CC(F)(F)CN1)N1CC(Oc2ccc3c(c2C(O)O)O[B-](O)(O)CC3)C1. The summed E-state index contributed by atoms with van der Waals surface area (Å²) in [4.78, 5) is 13.7. The molecule has 1 amide bonds. The molecule has 1 aromatic carbocycles. The van der Waals surface area contributed by atoms with Gasteiger partial charge in [-0.05, 0) is 18.1 Å². The highest BCUT2D eigenvalue weighted by Crippen LogP contribution is 2.41. The lowest BCUT2D eigenvalue weighted by Crippen LogP contribution is -2.59.